The molecule has 0 radical (unpaired) electrons. The molecule has 2 aliphatic heterocycles. The largest absolute Gasteiger partial charge is 0.490 e. The molecule has 2 amide bonds. The maximum atomic E-state index is 12.1. The zero-order valence-corrected chi connectivity index (χ0v) is 17.7. The van der Waals surface area contributed by atoms with Crippen molar-refractivity contribution in [1.82, 2.24) is 14.7 Å². The van der Waals surface area contributed by atoms with E-state index in [0.717, 1.165) is 32.7 Å². The van der Waals surface area contributed by atoms with Gasteiger partial charge in [0, 0.05) is 33.7 Å². The number of carboxylic acids is 1. The van der Waals surface area contributed by atoms with Crippen LogP contribution < -0.4 is 0 Å². The standard InChI is InChI=1S/C19H29N3O.C2HF3O2/c1-16-4-6-17(7-5-16)14-21-11-8-19(9-12-21)10-13-22(15-19)18(23)20(2)3;3-2(4,5)1(6)7/h4-7H,8-15H2,1-3H3;(H,6,7). The van der Waals surface area contributed by atoms with Crippen molar-refractivity contribution < 1.29 is 27.9 Å². The Balaban J connectivity index is 0.000000396. The van der Waals surface area contributed by atoms with Crippen molar-refractivity contribution >= 4 is 12.0 Å². The molecule has 30 heavy (non-hydrogen) atoms. The molecule has 6 nitrogen and oxygen atoms in total. The fourth-order valence-corrected chi connectivity index (χ4v) is 3.93. The van der Waals surface area contributed by atoms with Crippen LogP contribution in [0.15, 0.2) is 24.3 Å². The van der Waals surface area contributed by atoms with Crippen LogP contribution in [0.1, 0.15) is 30.4 Å². The highest BCUT2D eigenvalue weighted by Gasteiger charge is 2.42. The SMILES string of the molecule is Cc1ccc(CN2CCC3(CC2)CCN(C(=O)N(C)C)C3)cc1.O=C(O)C(F)(F)F. The summed E-state index contributed by atoms with van der Waals surface area (Å²) >= 11 is 0. The van der Waals surface area contributed by atoms with Gasteiger partial charge in [-0.3, -0.25) is 4.90 Å². The predicted octanol–water partition coefficient (Wildman–Crippen LogP) is 3.60. The van der Waals surface area contributed by atoms with Gasteiger partial charge in [0.25, 0.3) is 0 Å². The lowest BCUT2D eigenvalue weighted by Crippen LogP contribution is -2.43. The van der Waals surface area contributed by atoms with Crippen LogP contribution in [0.3, 0.4) is 0 Å². The van der Waals surface area contributed by atoms with Gasteiger partial charge >= 0.3 is 18.2 Å². The summed E-state index contributed by atoms with van der Waals surface area (Å²) in [4.78, 5) is 27.3. The summed E-state index contributed by atoms with van der Waals surface area (Å²) in [6, 6.07) is 9.05. The molecule has 1 aromatic rings. The number of piperidine rings is 1. The number of carbonyl (C=O) groups excluding carboxylic acids is 1. The minimum Gasteiger partial charge on any atom is -0.475 e. The van der Waals surface area contributed by atoms with E-state index < -0.39 is 12.1 Å². The number of aryl methyl sites for hydroxylation is 1. The minimum atomic E-state index is -5.08. The third-order valence-electron chi connectivity index (χ3n) is 5.78. The van der Waals surface area contributed by atoms with Crippen LogP contribution >= 0.6 is 0 Å². The number of aliphatic carboxylic acids is 1. The first-order chi connectivity index (χ1) is 13.9. The minimum absolute atomic E-state index is 0.170. The molecule has 2 saturated heterocycles. The number of hydrogen-bond donors (Lipinski definition) is 1. The highest BCUT2D eigenvalue weighted by Crippen LogP contribution is 2.40. The quantitative estimate of drug-likeness (QED) is 0.780. The number of benzene rings is 1. The number of nitrogens with zero attached hydrogens (tertiary/aromatic N) is 3. The summed E-state index contributed by atoms with van der Waals surface area (Å²) in [5.41, 5.74) is 3.10. The zero-order valence-electron chi connectivity index (χ0n) is 17.7. The van der Waals surface area contributed by atoms with E-state index in [4.69, 9.17) is 9.90 Å². The predicted molar refractivity (Wildman–Crippen MR) is 107 cm³/mol. The molecule has 0 unspecified atom stereocenters. The number of alkyl halides is 3. The van der Waals surface area contributed by atoms with Crippen LogP contribution in [0.2, 0.25) is 0 Å². The Hall–Kier alpha value is -2.29. The number of urea groups is 1. The Morgan fingerprint density at radius 2 is 1.57 bits per heavy atom. The van der Waals surface area contributed by atoms with E-state index in [0.29, 0.717) is 5.41 Å². The maximum Gasteiger partial charge on any atom is 0.490 e. The monoisotopic (exact) mass is 429 g/mol. The molecule has 9 heteroatoms. The molecule has 0 aromatic heterocycles. The van der Waals surface area contributed by atoms with Gasteiger partial charge in [0.2, 0.25) is 0 Å². The molecule has 1 spiro atoms. The molecule has 0 bridgehead atoms. The lowest BCUT2D eigenvalue weighted by molar-refractivity contribution is -0.192. The van der Waals surface area contributed by atoms with Gasteiger partial charge in [-0.05, 0) is 50.3 Å². The first-order valence-corrected chi connectivity index (χ1v) is 9.96. The van der Waals surface area contributed by atoms with Crippen LogP contribution in [0.25, 0.3) is 0 Å². The second kappa shape index (κ2) is 9.68. The van der Waals surface area contributed by atoms with E-state index in [1.807, 2.05) is 19.0 Å². The summed E-state index contributed by atoms with van der Waals surface area (Å²) in [5.74, 6) is -2.76. The molecule has 0 aliphatic carbocycles. The first-order valence-electron chi connectivity index (χ1n) is 9.96. The summed E-state index contributed by atoms with van der Waals surface area (Å²) in [5, 5.41) is 7.12. The van der Waals surface area contributed by atoms with Gasteiger partial charge in [0.15, 0.2) is 0 Å². The van der Waals surface area contributed by atoms with Gasteiger partial charge in [-0.1, -0.05) is 29.8 Å². The van der Waals surface area contributed by atoms with Gasteiger partial charge in [-0.2, -0.15) is 13.2 Å². The molecule has 1 N–H and O–H groups in total. The molecule has 2 fully saturated rings. The van der Waals surface area contributed by atoms with Crippen molar-refractivity contribution in [3.8, 4) is 0 Å². The Kier molecular flexibility index (Phi) is 7.74. The highest BCUT2D eigenvalue weighted by molar-refractivity contribution is 5.74. The smallest absolute Gasteiger partial charge is 0.475 e. The summed E-state index contributed by atoms with van der Waals surface area (Å²) in [6.45, 7) is 7.36. The van der Waals surface area contributed by atoms with Gasteiger partial charge in [0.05, 0.1) is 0 Å². The Labute approximate surface area is 175 Å². The highest BCUT2D eigenvalue weighted by atomic mass is 19.4. The van der Waals surface area contributed by atoms with Crippen molar-refractivity contribution in [3.05, 3.63) is 35.4 Å². The Bertz CT molecular complexity index is 727. The second-order valence-corrected chi connectivity index (χ2v) is 8.41. The van der Waals surface area contributed by atoms with Crippen LogP contribution in [-0.4, -0.2) is 78.3 Å². The molecular formula is C21H30F3N3O3. The number of rotatable bonds is 2. The summed E-state index contributed by atoms with van der Waals surface area (Å²) in [7, 11) is 3.69. The van der Waals surface area contributed by atoms with E-state index in [1.165, 1.54) is 30.4 Å². The first kappa shape index (κ1) is 24.0. The van der Waals surface area contributed by atoms with Crippen LogP contribution in [0.5, 0.6) is 0 Å². The van der Waals surface area contributed by atoms with E-state index in [1.54, 1.807) is 4.90 Å². The van der Waals surface area contributed by atoms with Gasteiger partial charge in [-0.25, -0.2) is 9.59 Å². The maximum absolute atomic E-state index is 12.1. The number of hydrogen-bond acceptors (Lipinski definition) is 3. The second-order valence-electron chi connectivity index (χ2n) is 8.41. The average Bonchev–Trinajstić information content (AvgIpc) is 3.08. The Morgan fingerprint density at radius 1 is 1.07 bits per heavy atom. The number of amides is 2. The number of halogens is 3. The number of carboxylic acid groups (broad SMARTS) is 1. The normalized spacial score (nSPS) is 18.7. The summed E-state index contributed by atoms with van der Waals surface area (Å²) in [6.07, 6.45) is -1.48. The number of carbonyl (C=O) groups is 2. The van der Waals surface area contributed by atoms with Crippen LogP contribution in [0, 0.1) is 12.3 Å². The molecule has 1 aromatic carbocycles. The third-order valence-corrected chi connectivity index (χ3v) is 5.78. The fraction of sp³-hybridized carbons (Fsp3) is 0.619. The lowest BCUT2D eigenvalue weighted by Gasteiger charge is -2.39. The summed E-state index contributed by atoms with van der Waals surface area (Å²) < 4.78 is 31.7. The molecule has 0 atom stereocenters. The third kappa shape index (κ3) is 6.62. The van der Waals surface area contributed by atoms with E-state index in [-0.39, 0.29) is 6.03 Å². The topological polar surface area (TPSA) is 64.1 Å². The Morgan fingerprint density at radius 3 is 2.03 bits per heavy atom. The van der Waals surface area contributed by atoms with Crippen molar-refractivity contribution in [2.75, 3.05) is 40.3 Å². The van der Waals surface area contributed by atoms with Crippen molar-refractivity contribution in [1.29, 1.82) is 0 Å². The molecule has 168 valence electrons. The molecule has 3 rings (SSSR count). The fourth-order valence-electron chi connectivity index (χ4n) is 3.93. The van der Waals surface area contributed by atoms with Crippen LogP contribution in [-0.2, 0) is 11.3 Å². The molecular weight excluding hydrogens is 399 g/mol. The van der Waals surface area contributed by atoms with Gasteiger partial charge < -0.3 is 14.9 Å². The van der Waals surface area contributed by atoms with E-state index in [2.05, 4.69) is 36.1 Å². The molecule has 2 aliphatic rings. The lowest BCUT2D eigenvalue weighted by atomic mass is 9.77. The van der Waals surface area contributed by atoms with E-state index >= 15 is 0 Å². The molecule has 2 heterocycles. The van der Waals surface area contributed by atoms with Crippen molar-refractivity contribution in [3.63, 3.8) is 0 Å². The van der Waals surface area contributed by atoms with Crippen LogP contribution in [0.4, 0.5) is 18.0 Å². The van der Waals surface area contributed by atoms with Crippen molar-refractivity contribution in [2.45, 2.75) is 38.9 Å². The number of likely N-dealkylation sites (tertiary alicyclic amines) is 2. The van der Waals surface area contributed by atoms with E-state index in [9.17, 15) is 18.0 Å². The zero-order chi connectivity index (χ0) is 22.5. The van der Waals surface area contributed by atoms with Gasteiger partial charge in [0.1, 0.15) is 0 Å². The van der Waals surface area contributed by atoms with Crippen molar-refractivity contribution in [2.24, 2.45) is 5.41 Å². The van der Waals surface area contributed by atoms with Gasteiger partial charge in [-0.15, -0.1) is 0 Å². The molecule has 0 saturated carbocycles. The average molecular weight is 429 g/mol.